The largest absolute Gasteiger partial charge is 0.316 e. The highest BCUT2D eigenvalue weighted by Gasteiger charge is 2.36. The van der Waals surface area contributed by atoms with Crippen LogP contribution >= 0.6 is 0 Å². The van der Waals surface area contributed by atoms with E-state index in [1.165, 1.54) is 45.2 Å². The molecule has 0 heterocycles. The van der Waals surface area contributed by atoms with E-state index < -0.39 is 0 Å². The van der Waals surface area contributed by atoms with E-state index in [1.54, 1.807) is 0 Å². The van der Waals surface area contributed by atoms with Gasteiger partial charge in [-0.1, -0.05) is 27.2 Å². The van der Waals surface area contributed by atoms with Gasteiger partial charge in [-0.3, -0.25) is 0 Å². The van der Waals surface area contributed by atoms with Crippen LogP contribution in [0.1, 0.15) is 52.9 Å². The minimum absolute atomic E-state index is 0.684. The van der Waals surface area contributed by atoms with Gasteiger partial charge < -0.3 is 5.32 Å². The van der Waals surface area contributed by atoms with Crippen LogP contribution in [0, 0.1) is 11.3 Å². The van der Waals surface area contributed by atoms with Crippen LogP contribution in [0.5, 0.6) is 0 Å². The van der Waals surface area contributed by atoms with Gasteiger partial charge >= 0.3 is 0 Å². The van der Waals surface area contributed by atoms with Crippen molar-refractivity contribution in [1.82, 2.24) is 5.32 Å². The zero-order valence-corrected chi connectivity index (χ0v) is 9.53. The van der Waals surface area contributed by atoms with Crippen LogP contribution in [0.15, 0.2) is 0 Å². The van der Waals surface area contributed by atoms with E-state index in [0.29, 0.717) is 5.41 Å². The lowest BCUT2D eigenvalue weighted by molar-refractivity contribution is 0.0986. The van der Waals surface area contributed by atoms with Crippen molar-refractivity contribution in [3.8, 4) is 0 Å². The molecule has 0 aromatic heterocycles. The van der Waals surface area contributed by atoms with E-state index in [2.05, 4.69) is 26.1 Å². The van der Waals surface area contributed by atoms with Crippen molar-refractivity contribution in [2.75, 3.05) is 13.1 Å². The summed E-state index contributed by atoms with van der Waals surface area (Å²) in [6.45, 7) is 9.39. The molecule has 1 aliphatic carbocycles. The molecule has 0 unspecified atom stereocenters. The first kappa shape index (κ1) is 11.0. The van der Waals surface area contributed by atoms with Crippen molar-refractivity contribution >= 4 is 0 Å². The Morgan fingerprint density at radius 1 is 1.31 bits per heavy atom. The lowest BCUT2D eigenvalue weighted by Gasteiger charge is -2.43. The molecule has 1 N–H and O–H groups in total. The van der Waals surface area contributed by atoms with Gasteiger partial charge in [0.05, 0.1) is 0 Å². The Morgan fingerprint density at radius 2 is 2.00 bits per heavy atom. The molecule has 0 spiro atoms. The van der Waals surface area contributed by atoms with Gasteiger partial charge in [-0.25, -0.2) is 0 Å². The molecule has 78 valence electrons. The van der Waals surface area contributed by atoms with Gasteiger partial charge in [0.1, 0.15) is 0 Å². The Hall–Kier alpha value is -0.0400. The lowest BCUT2D eigenvalue weighted by atomic mass is 9.64. The summed E-state index contributed by atoms with van der Waals surface area (Å²) < 4.78 is 0. The van der Waals surface area contributed by atoms with Gasteiger partial charge in [0.25, 0.3) is 0 Å². The van der Waals surface area contributed by atoms with E-state index in [0.717, 1.165) is 5.92 Å². The minimum Gasteiger partial charge on any atom is -0.316 e. The van der Waals surface area contributed by atoms with Crippen LogP contribution in [0.3, 0.4) is 0 Å². The van der Waals surface area contributed by atoms with Gasteiger partial charge in [0.15, 0.2) is 0 Å². The molecule has 0 aromatic carbocycles. The number of hydrogen-bond donors (Lipinski definition) is 1. The van der Waals surface area contributed by atoms with Crippen molar-refractivity contribution in [2.24, 2.45) is 11.3 Å². The fourth-order valence-electron chi connectivity index (χ4n) is 2.53. The number of hydrogen-bond acceptors (Lipinski definition) is 1. The molecular weight excluding hydrogens is 158 g/mol. The molecule has 1 heteroatoms. The fraction of sp³-hybridized carbons (Fsp3) is 1.00. The Balaban J connectivity index is 2.23. The molecule has 1 rings (SSSR count). The standard InChI is InChI=1S/C12H25N/c1-4-8-13-10-12(6-5-7-12)9-11(2)3/h11,13H,4-10H2,1-3H3. The summed E-state index contributed by atoms with van der Waals surface area (Å²) in [6, 6.07) is 0. The highest BCUT2D eigenvalue weighted by Crippen LogP contribution is 2.45. The van der Waals surface area contributed by atoms with E-state index >= 15 is 0 Å². The molecule has 0 aromatic rings. The van der Waals surface area contributed by atoms with Crippen LogP contribution < -0.4 is 5.32 Å². The average Bonchev–Trinajstić information content (AvgIpc) is 1.99. The molecule has 0 bridgehead atoms. The summed E-state index contributed by atoms with van der Waals surface area (Å²) in [4.78, 5) is 0. The van der Waals surface area contributed by atoms with E-state index in [-0.39, 0.29) is 0 Å². The predicted molar refractivity (Wildman–Crippen MR) is 58.9 cm³/mol. The second-order valence-electron chi connectivity index (χ2n) is 5.13. The normalized spacial score (nSPS) is 20.3. The highest BCUT2D eigenvalue weighted by atomic mass is 14.9. The molecule has 0 atom stereocenters. The first-order valence-electron chi connectivity index (χ1n) is 5.89. The summed E-state index contributed by atoms with van der Waals surface area (Å²) in [5.74, 6) is 0.865. The summed E-state index contributed by atoms with van der Waals surface area (Å²) in [6.07, 6.45) is 7.06. The molecule has 0 radical (unpaired) electrons. The van der Waals surface area contributed by atoms with E-state index in [4.69, 9.17) is 0 Å². The van der Waals surface area contributed by atoms with Crippen LogP contribution in [-0.4, -0.2) is 13.1 Å². The molecule has 1 saturated carbocycles. The van der Waals surface area contributed by atoms with Crippen molar-refractivity contribution < 1.29 is 0 Å². The fourth-order valence-corrected chi connectivity index (χ4v) is 2.53. The smallest absolute Gasteiger partial charge is 0.000790 e. The second-order valence-corrected chi connectivity index (χ2v) is 5.13. The topological polar surface area (TPSA) is 12.0 Å². The van der Waals surface area contributed by atoms with Gasteiger partial charge in [-0.2, -0.15) is 0 Å². The van der Waals surface area contributed by atoms with E-state index in [9.17, 15) is 0 Å². The Morgan fingerprint density at radius 3 is 2.38 bits per heavy atom. The molecule has 1 aliphatic rings. The van der Waals surface area contributed by atoms with Crippen molar-refractivity contribution in [1.29, 1.82) is 0 Å². The van der Waals surface area contributed by atoms with Crippen LogP contribution in [0.25, 0.3) is 0 Å². The van der Waals surface area contributed by atoms with Crippen LogP contribution in [-0.2, 0) is 0 Å². The van der Waals surface area contributed by atoms with Crippen LogP contribution in [0.4, 0.5) is 0 Å². The van der Waals surface area contributed by atoms with E-state index in [1.807, 2.05) is 0 Å². The zero-order valence-electron chi connectivity index (χ0n) is 9.53. The van der Waals surface area contributed by atoms with Crippen LogP contribution in [0.2, 0.25) is 0 Å². The van der Waals surface area contributed by atoms with Crippen molar-refractivity contribution in [3.05, 3.63) is 0 Å². The average molecular weight is 183 g/mol. The highest BCUT2D eigenvalue weighted by molar-refractivity contribution is 4.90. The first-order chi connectivity index (χ1) is 6.18. The van der Waals surface area contributed by atoms with Gasteiger partial charge in [0.2, 0.25) is 0 Å². The molecule has 0 amide bonds. The zero-order chi connectivity index (χ0) is 9.73. The molecule has 0 aliphatic heterocycles. The lowest BCUT2D eigenvalue weighted by Crippen LogP contribution is -2.41. The molecule has 1 nitrogen and oxygen atoms in total. The Labute approximate surface area is 83.3 Å². The molecule has 1 fully saturated rings. The maximum absolute atomic E-state index is 3.58. The van der Waals surface area contributed by atoms with Gasteiger partial charge in [0, 0.05) is 6.54 Å². The first-order valence-corrected chi connectivity index (χ1v) is 5.89. The summed E-state index contributed by atoms with van der Waals surface area (Å²) in [5, 5.41) is 3.58. The van der Waals surface area contributed by atoms with Gasteiger partial charge in [-0.15, -0.1) is 0 Å². The third kappa shape index (κ3) is 3.30. The third-order valence-corrected chi connectivity index (χ3v) is 3.18. The monoisotopic (exact) mass is 183 g/mol. The van der Waals surface area contributed by atoms with Crippen molar-refractivity contribution in [3.63, 3.8) is 0 Å². The summed E-state index contributed by atoms with van der Waals surface area (Å²) in [7, 11) is 0. The Kier molecular flexibility index (Phi) is 4.24. The van der Waals surface area contributed by atoms with Crippen molar-refractivity contribution in [2.45, 2.75) is 52.9 Å². The van der Waals surface area contributed by atoms with Gasteiger partial charge in [-0.05, 0) is 43.6 Å². The maximum Gasteiger partial charge on any atom is 0.000790 e. The third-order valence-electron chi connectivity index (χ3n) is 3.18. The number of nitrogens with one attached hydrogen (secondary N) is 1. The molecule has 13 heavy (non-hydrogen) atoms. The predicted octanol–water partition coefficient (Wildman–Crippen LogP) is 3.20. The molecule has 0 saturated heterocycles. The Bertz CT molecular complexity index is 136. The minimum atomic E-state index is 0.684. The summed E-state index contributed by atoms with van der Waals surface area (Å²) >= 11 is 0. The quantitative estimate of drug-likeness (QED) is 0.624. The molecular formula is C12H25N. The summed E-state index contributed by atoms with van der Waals surface area (Å²) in [5.41, 5.74) is 0.684. The number of rotatable bonds is 6. The SMILES string of the molecule is CCCNCC1(CC(C)C)CCC1. The maximum atomic E-state index is 3.58. The second kappa shape index (κ2) is 4.99.